The number of aliphatic hydroxyl groups excluding tert-OH is 1. The number of nitrogens with zero attached hydrogens (tertiary/aromatic N) is 1. The molecule has 1 aliphatic carbocycles. The van der Waals surface area contributed by atoms with Crippen LogP contribution in [0, 0.1) is 0 Å². The van der Waals surface area contributed by atoms with Crippen molar-refractivity contribution in [2.45, 2.75) is 63.4 Å². The van der Waals surface area contributed by atoms with E-state index in [0.29, 0.717) is 24.0 Å². The minimum Gasteiger partial charge on any atom is -0.399 e. The second-order valence-corrected chi connectivity index (χ2v) is 9.80. The number of carbonyl (C=O) groups excluding carboxylic acids is 2. The first kappa shape index (κ1) is 20.4. The van der Waals surface area contributed by atoms with E-state index in [4.69, 9.17) is 9.31 Å². The zero-order valence-corrected chi connectivity index (χ0v) is 18.2. The summed E-state index contributed by atoms with van der Waals surface area (Å²) in [4.78, 5) is 27.6. The third-order valence-corrected chi connectivity index (χ3v) is 7.34. The highest BCUT2D eigenvalue weighted by Crippen LogP contribution is 2.49. The van der Waals surface area contributed by atoms with Crippen molar-refractivity contribution in [1.29, 1.82) is 0 Å². The lowest BCUT2D eigenvalue weighted by atomic mass is 9.67. The van der Waals surface area contributed by atoms with E-state index in [2.05, 4.69) is 0 Å². The normalized spacial score (nSPS) is 28.6. The van der Waals surface area contributed by atoms with Crippen LogP contribution in [-0.2, 0) is 14.8 Å². The van der Waals surface area contributed by atoms with Gasteiger partial charge in [-0.3, -0.25) is 14.5 Å². The van der Waals surface area contributed by atoms with Crippen LogP contribution in [0.1, 0.15) is 66.8 Å². The van der Waals surface area contributed by atoms with Gasteiger partial charge in [-0.25, -0.2) is 0 Å². The molecule has 6 nitrogen and oxygen atoms in total. The SMILES string of the molecule is CC1(C)OB(c2ccc([C@]3(N4C(=O)c5ccccc5C4=O)C[C@H](O)C3)cc2)OC1(C)C. The van der Waals surface area contributed by atoms with E-state index in [1.165, 1.54) is 4.90 Å². The molecule has 0 atom stereocenters. The molecular weight excluding hydrogens is 393 g/mol. The van der Waals surface area contributed by atoms with Crippen molar-refractivity contribution >= 4 is 24.4 Å². The van der Waals surface area contributed by atoms with Crippen LogP contribution in [0.15, 0.2) is 48.5 Å². The standard InChI is InChI=1S/C24H26BNO5/c1-22(2)23(3,4)31-25(30-22)16-11-9-15(10-12-16)24(13-17(27)14-24)26-20(28)18-7-5-6-8-19(18)21(26)29/h5-12,17,27H,13-14H2,1-4H3/t17-,24-. The molecule has 2 amide bonds. The van der Waals surface area contributed by atoms with Crippen molar-refractivity contribution in [3.8, 4) is 0 Å². The summed E-state index contributed by atoms with van der Waals surface area (Å²) in [5, 5.41) is 10.1. The fourth-order valence-electron chi connectivity index (χ4n) is 4.77. The molecule has 1 saturated heterocycles. The van der Waals surface area contributed by atoms with E-state index in [9.17, 15) is 14.7 Å². The molecule has 0 aromatic heterocycles. The van der Waals surface area contributed by atoms with E-state index >= 15 is 0 Å². The summed E-state index contributed by atoms with van der Waals surface area (Å²) < 4.78 is 12.3. The molecule has 2 aliphatic heterocycles. The van der Waals surface area contributed by atoms with Gasteiger partial charge in [0.25, 0.3) is 11.8 Å². The van der Waals surface area contributed by atoms with E-state index in [1.807, 2.05) is 52.0 Å². The molecule has 2 fully saturated rings. The number of amides is 2. The zero-order valence-electron chi connectivity index (χ0n) is 18.2. The summed E-state index contributed by atoms with van der Waals surface area (Å²) in [6, 6.07) is 14.5. The van der Waals surface area contributed by atoms with Crippen molar-refractivity contribution in [3.05, 3.63) is 65.2 Å². The van der Waals surface area contributed by atoms with Gasteiger partial charge < -0.3 is 14.4 Å². The lowest BCUT2D eigenvalue weighted by Crippen LogP contribution is -2.59. The number of aliphatic hydroxyl groups is 1. The molecule has 0 radical (unpaired) electrons. The molecule has 1 N–H and O–H groups in total. The molecule has 0 bridgehead atoms. The highest BCUT2D eigenvalue weighted by molar-refractivity contribution is 6.62. The fraction of sp³-hybridized carbons (Fsp3) is 0.417. The summed E-state index contributed by atoms with van der Waals surface area (Å²) >= 11 is 0. The summed E-state index contributed by atoms with van der Waals surface area (Å²) in [6.45, 7) is 8.03. The Kier molecular flexibility index (Phi) is 4.29. The highest BCUT2D eigenvalue weighted by Gasteiger charge is 2.57. The van der Waals surface area contributed by atoms with E-state index in [1.54, 1.807) is 24.3 Å². The van der Waals surface area contributed by atoms with Gasteiger partial charge in [0.2, 0.25) is 0 Å². The van der Waals surface area contributed by atoms with Crippen molar-refractivity contribution in [2.75, 3.05) is 0 Å². The van der Waals surface area contributed by atoms with Gasteiger partial charge in [-0.1, -0.05) is 36.4 Å². The second-order valence-electron chi connectivity index (χ2n) is 9.80. The molecule has 0 spiro atoms. The van der Waals surface area contributed by atoms with Gasteiger partial charge in [0, 0.05) is 12.8 Å². The Morgan fingerprint density at radius 3 is 1.81 bits per heavy atom. The Bertz CT molecular complexity index is 1020. The lowest BCUT2D eigenvalue weighted by Gasteiger charge is -2.50. The minimum atomic E-state index is -0.846. The maximum absolute atomic E-state index is 13.1. The molecule has 0 unspecified atom stereocenters. The average Bonchev–Trinajstić information content (AvgIpc) is 3.08. The highest BCUT2D eigenvalue weighted by atomic mass is 16.7. The molecule has 2 aromatic carbocycles. The zero-order chi connectivity index (χ0) is 22.2. The van der Waals surface area contributed by atoms with Crippen LogP contribution in [0.2, 0.25) is 0 Å². The molecule has 2 heterocycles. The largest absolute Gasteiger partial charge is 0.494 e. The first-order valence-electron chi connectivity index (χ1n) is 10.7. The van der Waals surface area contributed by atoms with E-state index in [0.717, 1.165) is 11.0 Å². The molecular formula is C24H26BNO5. The van der Waals surface area contributed by atoms with Gasteiger partial charge in [0.15, 0.2) is 0 Å². The maximum Gasteiger partial charge on any atom is 0.494 e. The number of fused-ring (bicyclic) bond motifs is 1. The quantitative estimate of drug-likeness (QED) is 0.612. The summed E-state index contributed by atoms with van der Waals surface area (Å²) in [7, 11) is -0.485. The summed E-state index contributed by atoms with van der Waals surface area (Å²) in [5.41, 5.74) is 0.823. The van der Waals surface area contributed by atoms with Crippen LogP contribution in [0.25, 0.3) is 0 Å². The van der Waals surface area contributed by atoms with Crippen molar-refractivity contribution in [3.63, 3.8) is 0 Å². The van der Waals surface area contributed by atoms with Crippen LogP contribution in [0.5, 0.6) is 0 Å². The summed E-state index contributed by atoms with van der Waals surface area (Å²) in [6.07, 6.45) is 0.106. The van der Waals surface area contributed by atoms with Gasteiger partial charge in [-0.2, -0.15) is 0 Å². The Morgan fingerprint density at radius 2 is 1.35 bits per heavy atom. The Morgan fingerprint density at radius 1 is 0.871 bits per heavy atom. The predicted octanol–water partition coefficient (Wildman–Crippen LogP) is 2.63. The van der Waals surface area contributed by atoms with Crippen molar-refractivity contribution in [1.82, 2.24) is 4.90 Å². The average molecular weight is 419 g/mol. The second kappa shape index (κ2) is 6.51. The Hall–Kier alpha value is -2.48. The number of hydrogen-bond donors (Lipinski definition) is 1. The fourth-order valence-corrected chi connectivity index (χ4v) is 4.77. The van der Waals surface area contributed by atoms with Gasteiger partial charge in [0.1, 0.15) is 0 Å². The van der Waals surface area contributed by atoms with Gasteiger partial charge in [-0.15, -0.1) is 0 Å². The minimum absolute atomic E-state index is 0.303. The third kappa shape index (κ3) is 2.84. The molecule has 160 valence electrons. The smallest absolute Gasteiger partial charge is 0.399 e. The van der Waals surface area contributed by atoms with Crippen LogP contribution in [-0.4, -0.2) is 46.2 Å². The predicted molar refractivity (Wildman–Crippen MR) is 116 cm³/mol. The molecule has 1 saturated carbocycles. The van der Waals surface area contributed by atoms with E-state index in [-0.39, 0.29) is 11.8 Å². The lowest BCUT2D eigenvalue weighted by molar-refractivity contribution is -0.0507. The van der Waals surface area contributed by atoms with E-state index < -0.39 is 30.0 Å². The molecule has 5 rings (SSSR count). The van der Waals surface area contributed by atoms with Gasteiger partial charge >= 0.3 is 7.12 Å². The number of imide groups is 1. The third-order valence-electron chi connectivity index (χ3n) is 7.34. The number of benzene rings is 2. The molecule has 2 aromatic rings. The first-order valence-corrected chi connectivity index (χ1v) is 10.7. The monoisotopic (exact) mass is 419 g/mol. The van der Waals surface area contributed by atoms with Crippen LogP contribution < -0.4 is 5.46 Å². The topological polar surface area (TPSA) is 76.1 Å². The molecule has 3 aliphatic rings. The van der Waals surface area contributed by atoms with Crippen molar-refractivity contribution < 1.29 is 24.0 Å². The number of hydrogen-bond acceptors (Lipinski definition) is 5. The van der Waals surface area contributed by atoms with Gasteiger partial charge in [-0.05, 0) is 50.9 Å². The van der Waals surface area contributed by atoms with Crippen LogP contribution in [0.3, 0.4) is 0 Å². The Balaban J connectivity index is 1.47. The summed E-state index contributed by atoms with van der Waals surface area (Å²) in [5.74, 6) is -0.606. The maximum atomic E-state index is 13.1. The molecule has 31 heavy (non-hydrogen) atoms. The molecule has 7 heteroatoms. The first-order chi connectivity index (χ1) is 14.6. The number of rotatable bonds is 3. The van der Waals surface area contributed by atoms with Crippen LogP contribution >= 0.6 is 0 Å². The van der Waals surface area contributed by atoms with Crippen LogP contribution in [0.4, 0.5) is 0 Å². The number of carbonyl (C=O) groups is 2. The van der Waals surface area contributed by atoms with Crippen molar-refractivity contribution in [2.24, 2.45) is 0 Å². The Labute approximate surface area is 182 Å². The van der Waals surface area contributed by atoms with Gasteiger partial charge in [0.05, 0.1) is 34.0 Å².